The number of carbonyl (C=O) groups excluding carboxylic acids is 3. The Hall–Kier alpha value is -3.72. The molecule has 0 radical (unpaired) electrons. The zero-order chi connectivity index (χ0) is 30.2. The molecule has 1 aromatic rings. The number of amides is 1. The Morgan fingerprint density at radius 2 is 1.90 bits per heavy atom. The van der Waals surface area contributed by atoms with Crippen LogP contribution in [0.4, 0.5) is 0 Å². The predicted octanol–water partition coefficient (Wildman–Crippen LogP) is 1.38. The number of ether oxygens (including phenoxy) is 2. The second-order valence-electron chi connectivity index (χ2n) is 12.8. The van der Waals surface area contributed by atoms with E-state index in [0.717, 1.165) is 16.7 Å². The lowest BCUT2D eigenvalue weighted by molar-refractivity contribution is -0.180. The molecule has 1 amide bonds. The molecule has 6 aliphatic rings. The van der Waals surface area contributed by atoms with E-state index >= 15 is 0 Å². The number of benzene rings is 1. The molecular weight excluding hydrogens is 538 g/mol. The molecule has 2 saturated heterocycles. The molecule has 1 aromatic carbocycles. The van der Waals surface area contributed by atoms with Gasteiger partial charge in [-0.25, -0.2) is 0 Å². The number of nitriles is 1. The molecule has 3 fully saturated rings. The standard InChI is InChI=1S/C31H35N5O6/c1-12-7-16-21(25(38)27(12)41-5)23-17-8-15-22(26(39)28(42-6)13(2)24(15)37)31(10-20(31)34-29(40)14(3)33)35(17)19(11-32)18-9-30(16,4)36(18)23/h7,14,17-20,23,38H,8-10,33H2,1-6H3,(H,34,40)/t14-,17-,18-,19-,20?,23-,30+,31?/m0/s1. The molecule has 0 bridgehead atoms. The molecule has 11 heteroatoms. The van der Waals surface area contributed by atoms with Gasteiger partial charge in [0.2, 0.25) is 11.7 Å². The zero-order valence-corrected chi connectivity index (χ0v) is 24.6. The summed E-state index contributed by atoms with van der Waals surface area (Å²) in [5.41, 5.74) is 7.89. The smallest absolute Gasteiger partial charge is 0.236 e. The van der Waals surface area contributed by atoms with Crippen molar-refractivity contribution in [2.45, 2.75) is 94.3 Å². The minimum absolute atomic E-state index is 0.00632. The third-order valence-corrected chi connectivity index (χ3v) is 10.8. The number of rotatable bonds is 4. The van der Waals surface area contributed by atoms with Gasteiger partial charge in [0.15, 0.2) is 23.0 Å². The van der Waals surface area contributed by atoms with Gasteiger partial charge in [-0.05, 0) is 64.2 Å². The molecule has 11 nitrogen and oxygen atoms in total. The summed E-state index contributed by atoms with van der Waals surface area (Å²) in [6.45, 7) is 7.22. The Bertz CT molecular complexity index is 1620. The first-order chi connectivity index (χ1) is 19.9. The molecular formula is C31H35N5O6. The number of aromatic hydroxyl groups is 1. The number of nitrogens with zero attached hydrogens (tertiary/aromatic N) is 3. The number of methoxy groups -OCH3 is 2. The minimum Gasteiger partial charge on any atom is -0.504 e. The first-order valence-corrected chi connectivity index (χ1v) is 14.4. The van der Waals surface area contributed by atoms with Crippen molar-refractivity contribution in [3.05, 3.63) is 45.2 Å². The number of nitrogens with one attached hydrogen (secondary N) is 1. The van der Waals surface area contributed by atoms with Crippen LogP contribution in [0.15, 0.2) is 28.5 Å². The number of Topliss-reactive ketones (excluding diaryl/α,β-unsaturated/α-hetero) is 2. The highest BCUT2D eigenvalue weighted by atomic mass is 16.5. The van der Waals surface area contributed by atoms with Crippen molar-refractivity contribution in [3.8, 4) is 17.6 Å². The summed E-state index contributed by atoms with van der Waals surface area (Å²) >= 11 is 0. The van der Waals surface area contributed by atoms with Crippen LogP contribution in [0.5, 0.6) is 11.5 Å². The summed E-state index contributed by atoms with van der Waals surface area (Å²) in [4.78, 5) is 45.2. The number of phenols is 1. The summed E-state index contributed by atoms with van der Waals surface area (Å²) in [5.74, 6) is -0.565. The molecule has 2 aliphatic carbocycles. The Morgan fingerprint density at radius 1 is 1.19 bits per heavy atom. The fraction of sp³-hybridized carbons (Fsp3) is 0.548. The highest BCUT2D eigenvalue weighted by Crippen LogP contribution is 2.69. The number of phenolic OH excluding ortho intramolecular Hbond substituents is 1. The molecule has 7 rings (SSSR count). The van der Waals surface area contributed by atoms with E-state index in [1.807, 2.05) is 6.92 Å². The fourth-order valence-electron chi connectivity index (χ4n) is 9.04. The van der Waals surface area contributed by atoms with Crippen LogP contribution < -0.4 is 15.8 Å². The van der Waals surface area contributed by atoms with E-state index in [0.29, 0.717) is 29.7 Å². The number of aryl methyl sites for hydroxylation is 1. The van der Waals surface area contributed by atoms with Crippen LogP contribution in [0, 0.1) is 18.3 Å². The molecule has 1 saturated carbocycles. The number of hydrogen-bond acceptors (Lipinski definition) is 10. The normalized spacial score (nSPS) is 36.9. The average Bonchev–Trinajstić information content (AvgIpc) is 3.57. The van der Waals surface area contributed by atoms with Gasteiger partial charge in [0.1, 0.15) is 6.04 Å². The lowest BCUT2D eigenvalue weighted by Gasteiger charge is -2.66. The highest BCUT2D eigenvalue weighted by molar-refractivity contribution is 6.25. The van der Waals surface area contributed by atoms with Crippen molar-refractivity contribution >= 4 is 17.5 Å². The Kier molecular flexibility index (Phi) is 5.45. The van der Waals surface area contributed by atoms with Crippen LogP contribution in [0.3, 0.4) is 0 Å². The first kappa shape index (κ1) is 27.1. The molecule has 4 aliphatic heterocycles. The number of piperazine rings is 1. The van der Waals surface area contributed by atoms with Crippen LogP contribution in [0.1, 0.15) is 62.8 Å². The van der Waals surface area contributed by atoms with Crippen LogP contribution in [0.2, 0.25) is 0 Å². The number of carbonyl (C=O) groups is 3. The molecule has 1 spiro atoms. The first-order valence-electron chi connectivity index (χ1n) is 14.4. The van der Waals surface area contributed by atoms with E-state index in [4.69, 9.17) is 15.2 Å². The third-order valence-electron chi connectivity index (χ3n) is 10.8. The molecule has 42 heavy (non-hydrogen) atoms. The van der Waals surface area contributed by atoms with Gasteiger partial charge in [0.25, 0.3) is 0 Å². The summed E-state index contributed by atoms with van der Waals surface area (Å²) in [6, 6.07) is 1.69. The Labute approximate surface area is 243 Å². The van der Waals surface area contributed by atoms with Crippen molar-refractivity contribution in [1.29, 1.82) is 5.26 Å². The second kappa shape index (κ2) is 8.43. The molecule has 0 aromatic heterocycles. The maximum atomic E-state index is 14.1. The Morgan fingerprint density at radius 3 is 2.52 bits per heavy atom. The van der Waals surface area contributed by atoms with Gasteiger partial charge < -0.3 is 25.6 Å². The predicted molar refractivity (Wildman–Crippen MR) is 149 cm³/mol. The van der Waals surface area contributed by atoms with Gasteiger partial charge >= 0.3 is 0 Å². The lowest BCUT2D eigenvalue weighted by atomic mass is 9.68. The van der Waals surface area contributed by atoms with Crippen molar-refractivity contribution in [3.63, 3.8) is 0 Å². The molecule has 220 valence electrons. The van der Waals surface area contributed by atoms with Crippen molar-refractivity contribution in [2.75, 3.05) is 14.2 Å². The maximum absolute atomic E-state index is 14.1. The minimum atomic E-state index is -1.09. The molecule has 8 atom stereocenters. The van der Waals surface area contributed by atoms with Gasteiger partial charge in [-0.1, -0.05) is 0 Å². The number of hydrogen-bond donors (Lipinski definition) is 3. The highest BCUT2D eigenvalue weighted by Gasteiger charge is 2.76. The summed E-state index contributed by atoms with van der Waals surface area (Å²) < 4.78 is 11.1. The van der Waals surface area contributed by atoms with E-state index in [1.54, 1.807) is 13.8 Å². The average molecular weight is 574 g/mol. The van der Waals surface area contributed by atoms with E-state index in [2.05, 4.69) is 34.2 Å². The monoisotopic (exact) mass is 573 g/mol. The summed E-state index contributed by atoms with van der Waals surface area (Å²) in [7, 11) is 2.90. The van der Waals surface area contributed by atoms with Gasteiger partial charge in [-0.3, -0.25) is 24.2 Å². The van der Waals surface area contributed by atoms with Crippen molar-refractivity contribution in [2.24, 2.45) is 5.73 Å². The number of fused-ring (bicyclic) bond motifs is 7. The van der Waals surface area contributed by atoms with E-state index in [9.17, 15) is 24.8 Å². The molecule has 4 N–H and O–H groups in total. The number of ketones is 2. The SMILES string of the molecule is COC1=C(C)C(=O)C2=C(C1=O)C1(CC1NC(=O)[C@H](C)N)N1[C@@H](C#N)[C@@H]3C[C@]4(C)c5cc(C)c(OC)c(O)c5[C@H]([C@@H]1C2)N34. The number of nitrogens with two attached hydrogens (primary N) is 1. The lowest BCUT2D eigenvalue weighted by Crippen LogP contribution is -2.77. The maximum Gasteiger partial charge on any atom is 0.236 e. The van der Waals surface area contributed by atoms with Crippen LogP contribution >= 0.6 is 0 Å². The van der Waals surface area contributed by atoms with Gasteiger partial charge in [0.05, 0.1) is 44.0 Å². The third kappa shape index (κ3) is 2.92. The van der Waals surface area contributed by atoms with Crippen LogP contribution in [-0.4, -0.2) is 82.3 Å². The van der Waals surface area contributed by atoms with E-state index in [-0.39, 0.29) is 53.1 Å². The van der Waals surface area contributed by atoms with Crippen molar-refractivity contribution < 1.29 is 29.0 Å². The topological polar surface area (TPSA) is 158 Å². The van der Waals surface area contributed by atoms with Crippen LogP contribution in [-0.2, 0) is 24.7 Å². The summed E-state index contributed by atoms with van der Waals surface area (Å²) in [5, 5.41) is 25.3. The number of allylic oxidation sites excluding steroid dienone is 2. The van der Waals surface area contributed by atoms with Crippen LogP contribution in [0.25, 0.3) is 0 Å². The van der Waals surface area contributed by atoms with Crippen molar-refractivity contribution in [1.82, 2.24) is 15.1 Å². The quantitative estimate of drug-likeness (QED) is 0.449. The fourth-order valence-corrected chi connectivity index (χ4v) is 9.04. The summed E-state index contributed by atoms with van der Waals surface area (Å²) in [6.07, 6.45) is 1.24. The second-order valence-corrected chi connectivity index (χ2v) is 12.8. The largest absolute Gasteiger partial charge is 0.504 e. The van der Waals surface area contributed by atoms with E-state index < -0.39 is 35.2 Å². The zero-order valence-electron chi connectivity index (χ0n) is 24.6. The van der Waals surface area contributed by atoms with Gasteiger partial charge in [-0.15, -0.1) is 0 Å². The molecule has 2 unspecified atom stereocenters. The van der Waals surface area contributed by atoms with E-state index in [1.165, 1.54) is 14.2 Å². The van der Waals surface area contributed by atoms with Gasteiger partial charge in [-0.2, -0.15) is 5.26 Å². The van der Waals surface area contributed by atoms with Gasteiger partial charge in [0, 0.05) is 39.9 Å². The Balaban J connectivity index is 1.46. The molecule has 4 heterocycles.